The molecule has 1 aliphatic rings. The van der Waals surface area contributed by atoms with Gasteiger partial charge < -0.3 is 10.1 Å². The Kier molecular flexibility index (Phi) is 8.72. The average Bonchev–Trinajstić information content (AvgIpc) is 2.44. The first-order chi connectivity index (χ1) is 9.26. The van der Waals surface area contributed by atoms with Crippen molar-refractivity contribution in [2.75, 3.05) is 20.2 Å². The molecule has 1 saturated carbocycles. The second kappa shape index (κ2) is 9.77. The summed E-state index contributed by atoms with van der Waals surface area (Å²) in [6, 6.07) is 0. The quantitative estimate of drug-likeness (QED) is 0.588. The van der Waals surface area contributed by atoms with Crippen molar-refractivity contribution in [3.8, 4) is 0 Å². The summed E-state index contributed by atoms with van der Waals surface area (Å²) >= 11 is 0. The van der Waals surface area contributed by atoms with Crippen LogP contribution in [0.4, 0.5) is 0 Å². The van der Waals surface area contributed by atoms with E-state index in [4.69, 9.17) is 4.74 Å². The van der Waals surface area contributed by atoms with E-state index >= 15 is 0 Å². The maximum Gasteiger partial charge on any atom is 0.0806 e. The highest BCUT2D eigenvalue weighted by atomic mass is 16.5. The van der Waals surface area contributed by atoms with Crippen LogP contribution < -0.4 is 5.32 Å². The molecule has 0 spiro atoms. The Morgan fingerprint density at radius 1 is 1.05 bits per heavy atom. The topological polar surface area (TPSA) is 21.3 Å². The summed E-state index contributed by atoms with van der Waals surface area (Å²) in [6.45, 7) is 6.58. The first kappa shape index (κ1) is 17.0. The van der Waals surface area contributed by atoms with Crippen molar-refractivity contribution < 1.29 is 4.74 Å². The summed E-state index contributed by atoms with van der Waals surface area (Å²) < 4.78 is 6.32. The maximum atomic E-state index is 6.32. The summed E-state index contributed by atoms with van der Waals surface area (Å²) in [4.78, 5) is 0. The molecule has 0 aromatic rings. The summed E-state index contributed by atoms with van der Waals surface area (Å²) in [7, 11) is 2.05. The molecule has 0 aromatic heterocycles. The molecule has 0 saturated heterocycles. The van der Waals surface area contributed by atoms with Gasteiger partial charge in [-0.1, -0.05) is 46.0 Å². The first-order valence-electron chi connectivity index (χ1n) is 8.55. The fourth-order valence-corrected chi connectivity index (χ4v) is 3.30. The lowest BCUT2D eigenvalue weighted by molar-refractivity contribution is -0.0767. The lowest BCUT2D eigenvalue weighted by atomic mass is 9.77. The Hall–Kier alpha value is -0.0800. The minimum atomic E-state index is 0.144. The predicted molar refractivity (Wildman–Crippen MR) is 83.6 cm³/mol. The third-order valence-corrected chi connectivity index (χ3v) is 4.75. The largest absolute Gasteiger partial charge is 0.374 e. The van der Waals surface area contributed by atoms with E-state index in [-0.39, 0.29) is 5.60 Å². The molecule has 19 heavy (non-hydrogen) atoms. The molecule has 2 nitrogen and oxygen atoms in total. The van der Waals surface area contributed by atoms with Crippen molar-refractivity contribution in [3.05, 3.63) is 0 Å². The zero-order valence-corrected chi connectivity index (χ0v) is 13.5. The van der Waals surface area contributed by atoms with Crippen molar-refractivity contribution >= 4 is 0 Å². The Labute approximate surface area is 120 Å². The molecule has 1 rings (SSSR count). The lowest BCUT2D eigenvalue weighted by Gasteiger charge is -2.40. The van der Waals surface area contributed by atoms with E-state index in [0.29, 0.717) is 0 Å². The van der Waals surface area contributed by atoms with Crippen molar-refractivity contribution in [2.24, 2.45) is 5.92 Å². The van der Waals surface area contributed by atoms with Crippen LogP contribution >= 0.6 is 0 Å². The summed E-state index contributed by atoms with van der Waals surface area (Å²) in [5, 5.41) is 3.35. The molecule has 0 heterocycles. The second-order valence-corrected chi connectivity index (χ2v) is 6.33. The van der Waals surface area contributed by atoms with Crippen molar-refractivity contribution in [1.29, 1.82) is 0 Å². The normalized spacial score (nSPS) is 27.6. The van der Waals surface area contributed by atoms with Gasteiger partial charge in [-0.05, 0) is 45.1 Å². The molecular formula is C17H35NO. The number of likely N-dealkylation sites (N-methyl/N-ethyl adjacent to an activating group) is 1. The minimum absolute atomic E-state index is 0.144. The summed E-state index contributed by atoms with van der Waals surface area (Å²) in [5.74, 6) is 0.943. The van der Waals surface area contributed by atoms with Gasteiger partial charge in [0.1, 0.15) is 0 Å². The zero-order chi connectivity index (χ0) is 14.0. The first-order valence-corrected chi connectivity index (χ1v) is 8.55. The van der Waals surface area contributed by atoms with E-state index in [0.717, 1.165) is 19.1 Å². The van der Waals surface area contributed by atoms with Crippen molar-refractivity contribution in [3.63, 3.8) is 0 Å². The van der Waals surface area contributed by atoms with Gasteiger partial charge in [0.25, 0.3) is 0 Å². The molecule has 0 aromatic carbocycles. The Morgan fingerprint density at radius 2 is 1.74 bits per heavy atom. The highest BCUT2D eigenvalue weighted by Gasteiger charge is 2.34. The van der Waals surface area contributed by atoms with E-state index < -0.39 is 0 Å². The third-order valence-electron chi connectivity index (χ3n) is 4.75. The van der Waals surface area contributed by atoms with Gasteiger partial charge in [0, 0.05) is 13.2 Å². The number of ether oxygens (including phenoxy) is 1. The van der Waals surface area contributed by atoms with Gasteiger partial charge in [0.15, 0.2) is 0 Å². The van der Waals surface area contributed by atoms with Crippen molar-refractivity contribution in [1.82, 2.24) is 5.32 Å². The molecule has 2 heteroatoms. The molecule has 114 valence electrons. The van der Waals surface area contributed by atoms with Gasteiger partial charge in [-0.25, -0.2) is 0 Å². The van der Waals surface area contributed by atoms with Crippen LogP contribution in [0.5, 0.6) is 0 Å². The molecule has 0 amide bonds. The van der Waals surface area contributed by atoms with Crippen LogP contribution in [0.2, 0.25) is 0 Å². The molecule has 0 aliphatic heterocycles. The molecule has 1 aliphatic carbocycles. The Balaban J connectivity index is 2.24. The maximum absolute atomic E-state index is 6.32. The molecule has 0 radical (unpaired) electrons. The SMILES string of the molecule is CCCCCCCOC1(CNC)CCC(CC)CC1. The Bertz CT molecular complexity index is 209. The van der Waals surface area contributed by atoms with Crippen LogP contribution in [-0.4, -0.2) is 25.8 Å². The fourth-order valence-electron chi connectivity index (χ4n) is 3.30. The lowest BCUT2D eigenvalue weighted by Crippen LogP contribution is -2.45. The van der Waals surface area contributed by atoms with Gasteiger partial charge in [-0.15, -0.1) is 0 Å². The number of hydrogen-bond acceptors (Lipinski definition) is 2. The van der Waals surface area contributed by atoms with Crippen LogP contribution in [0.1, 0.15) is 78.1 Å². The molecular weight excluding hydrogens is 234 g/mol. The highest BCUT2D eigenvalue weighted by molar-refractivity contribution is 4.88. The van der Waals surface area contributed by atoms with E-state index in [9.17, 15) is 0 Å². The number of unbranched alkanes of at least 4 members (excludes halogenated alkanes) is 4. The van der Waals surface area contributed by atoms with Crippen molar-refractivity contribution in [2.45, 2.75) is 83.7 Å². The van der Waals surface area contributed by atoms with E-state index in [1.807, 2.05) is 0 Å². The van der Waals surface area contributed by atoms with Gasteiger partial charge in [-0.2, -0.15) is 0 Å². The van der Waals surface area contributed by atoms with Crippen LogP contribution in [-0.2, 0) is 4.74 Å². The monoisotopic (exact) mass is 269 g/mol. The summed E-state index contributed by atoms with van der Waals surface area (Å²) in [5.41, 5.74) is 0.144. The van der Waals surface area contributed by atoms with Crippen LogP contribution in [0.3, 0.4) is 0 Å². The minimum Gasteiger partial charge on any atom is -0.374 e. The van der Waals surface area contributed by atoms with Gasteiger partial charge >= 0.3 is 0 Å². The van der Waals surface area contributed by atoms with Crippen LogP contribution in [0.25, 0.3) is 0 Å². The molecule has 0 bridgehead atoms. The Morgan fingerprint density at radius 3 is 2.32 bits per heavy atom. The predicted octanol–water partition coefficient (Wildman–Crippen LogP) is 4.53. The number of nitrogens with one attached hydrogen (secondary N) is 1. The van der Waals surface area contributed by atoms with Gasteiger partial charge in [-0.3, -0.25) is 0 Å². The van der Waals surface area contributed by atoms with Crippen LogP contribution in [0, 0.1) is 5.92 Å². The standard InChI is InChI=1S/C17H35NO/c1-4-6-7-8-9-14-19-17(15-18-3)12-10-16(5-2)11-13-17/h16,18H,4-15H2,1-3H3. The van der Waals surface area contributed by atoms with E-state index in [2.05, 4.69) is 26.2 Å². The molecule has 0 atom stereocenters. The smallest absolute Gasteiger partial charge is 0.0806 e. The molecule has 0 unspecified atom stereocenters. The number of rotatable bonds is 10. The number of hydrogen-bond donors (Lipinski definition) is 1. The fraction of sp³-hybridized carbons (Fsp3) is 1.00. The van der Waals surface area contributed by atoms with Crippen LogP contribution in [0.15, 0.2) is 0 Å². The van der Waals surface area contributed by atoms with E-state index in [1.54, 1.807) is 0 Å². The second-order valence-electron chi connectivity index (χ2n) is 6.33. The van der Waals surface area contributed by atoms with Gasteiger partial charge in [0.05, 0.1) is 5.60 Å². The van der Waals surface area contributed by atoms with Gasteiger partial charge in [0.2, 0.25) is 0 Å². The third kappa shape index (κ3) is 6.27. The average molecular weight is 269 g/mol. The molecule has 1 fully saturated rings. The molecule has 1 N–H and O–H groups in total. The summed E-state index contributed by atoms with van der Waals surface area (Å²) in [6.07, 6.45) is 13.2. The zero-order valence-electron chi connectivity index (χ0n) is 13.5. The van der Waals surface area contributed by atoms with E-state index in [1.165, 1.54) is 64.2 Å². The highest BCUT2D eigenvalue weighted by Crippen LogP contribution is 2.36.